The highest BCUT2D eigenvalue weighted by Crippen LogP contribution is 2.29. The van der Waals surface area contributed by atoms with Gasteiger partial charge in [-0.2, -0.15) is 0 Å². The molecule has 0 bridgehead atoms. The number of alkyl halides is 1. The average Bonchev–Trinajstić information content (AvgIpc) is 3.05. The molecule has 1 aliphatic heterocycles. The standard InChI is InChI=1S/C12H23BrN2/c13-5-1-2-6-14-7-9-15(10-8-14)11-12-3-4-12/h12H,1-11H2. The molecule has 88 valence electrons. The third-order valence-corrected chi connectivity index (χ3v) is 4.10. The summed E-state index contributed by atoms with van der Waals surface area (Å²) in [5.41, 5.74) is 0. The molecule has 1 saturated carbocycles. The van der Waals surface area contributed by atoms with Crippen molar-refractivity contribution in [3.8, 4) is 0 Å². The van der Waals surface area contributed by atoms with Crippen molar-refractivity contribution in [1.29, 1.82) is 0 Å². The van der Waals surface area contributed by atoms with Crippen molar-refractivity contribution in [3.63, 3.8) is 0 Å². The summed E-state index contributed by atoms with van der Waals surface area (Å²) in [5.74, 6) is 1.06. The summed E-state index contributed by atoms with van der Waals surface area (Å²) in [4.78, 5) is 5.30. The van der Waals surface area contributed by atoms with Gasteiger partial charge in [-0.1, -0.05) is 15.9 Å². The van der Waals surface area contributed by atoms with Crippen molar-refractivity contribution < 1.29 is 0 Å². The van der Waals surface area contributed by atoms with Crippen LogP contribution in [0.4, 0.5) is 0 Å². The Labute approximate surface area is 102 Å². The van der Waals surface area contributed by atoms with Gasteiger partial charge in [-0.05, 0) is 38.1 Å². The second-order valence-corrected chi connectivity index (χ2v) is 5.77. The van der Waals surface area contributed by atoms with E-state index < -0.39 is 0 Å². The molecule has 0 spiro atoms. The Morgan fingerprint density at radius 2 is 1.60 bits per heavy atom. The van der Waals surface area contributed by atoms with Crippen molar-refractivity contribution in [2.75, 3.05) is 44.6 Å². The van der Waals surface area contributed by atoms with Crippen molar-refractivity contribution in [3.05, 3.63) is 0 Å². The van der Waals surface area contributed by atoms with E-state index in [9.17, 15) is 0 Å². The topological polar surface area (TPSA) is 6.48 Å². The molecule has 3 heteroatoms. The van der Waals surface area contributed by atoms with Crippen LogP contribution in [-0.4, -0.2) is 54.4 Å². The molecule has 0 unspecified atom stereocenters. The van der Waals surface area contributed by atoms with E-state index in [2.05, 4.69) is 25.7 Å². The molecular formula is C12H23BrN2. The van der Waals surface area contributed by atoms with E-state index in [4.69, 9.17) is 0 Å². The molecule has 0 amide bonds. The number of hydrogen-bond acceptors (Lipinski definition) is 2. The molecule has 2 nitrogen and oxygen atoms in total. The van der Waals surface area contributed by atoms with Crippen molar-refractivity contribution in [1.82, 2.24) is 9.80 Å². The molecule has 0 aromatic rings. The quantitative estimate of drug-likeness (QED) is 0.541. The number of rotatable bonds is 6. The summed E-state index contributed by atoms with van der Waals surface area (Å²) in [7, 11) is 0. The van der Waals surface area contributed by atoms with E-state index in [1.165, 1.54) is 65.0 Å². The largest absolute Gasteiger partial charge is 0.301 e. The number of piperazine rings is 1. The van der Waals surface area contributed by atoms with Gasteiger partial charge in [0.2, 0.25) is 0 Å². The van der Waals surface area contributed by atoms with Crippen LogP contribution >= 0.6 is 15.9 Å². The van der Waals surface area contributed by atoms with E-state index >= 15 is 0 Å². The highest BCUT2D eigenvalue weighted by molar-refractivity contribution is 9.09. The summed E-state index contributed by atoms with van der Waals surface area (Å²) >= 11 is 3.49. The highest BCUT2D eigenvalue weighted by Gasteiger charge is 2.26. The molecular weight excluding hydrogens is 252 g/mol. The summed E-state index contributed by atoms with van der Waals surface area (Å²) in [6, 6.07) is 0. The lowest BCUT2D eigenvalue weighted by Gasteiger charge is -2.34. The van der Waals surface area contributed by atoms with Crippen LogP contribution in [0.15, 0.2) is 0 Å². The van der Waals surface area contributed by atoms with Crippen molar-refractivity contribution in [2.24, 2.45) is 5.92 Å². The first-order valence-electron chi connectivity index (χ1n) is 6.39. The summed E-state index contributed by atoms with van der Waals surface area (Å²) in [6.07, 6.45) is 5.66. The predicted octanol–water partition coefficient (Wildman–Crippen LogP) is 2.19. The van der Waals surface area contributed by atoms with Crippen LogP contribution in [0.5, 0.6) is 0 Å². The predicted molar refractivity (Wildman–Crippen MR) is 68.6 cm³/mol. The van der Waals surface area contributed by atoms with E-state index in [0.29, 0.717) is 0 Å². The van der Waals surface area contributed by atoms with Crippen LogP contribution < -0.4 is 0 Å². The van der Waals surface area contributed by atoms with Gasteiger partial charge in [-0.15, -0.1) is 0 Å². The molecule has 1 aliphatic carbocycles. The Balaban J connectivity index is 1.54. The minimum atomic E-state index is 1.06. The maximum absolute atomic E-state index is 3.49. The van der Waals surface area contributed by atoms with Gasteiger partial charge < -0.3 is 9.80 Å². The molecule has 2 aliphatic rings. The van der Waals surface area contributed by atoms with Crippen LogP contribution in [0.3, 0.4) is 0 Å². The van der Waals surface area contributed by atoms with Gasteiger partial charge in [0.15, 0.2) is 0 Å². The Morgan fingerprint density at radius 3 is 2.20 bits per heavy atom. The fraction of sp³-hybridized carbons (Fsp3) is 1.00. The van der Waals surface area contributed by atoms with E-state index in [0.717, 1.165) is 11.2 Å². The summed E-state index contributed by atoms with van der Waals surface area (Å²) < 4.78 is 0. The molecule has 0 aromatic carbocycles. The van der Waals surface area contributed by atoms with E-state index in [1.807, 2.05) is 0 Å². The zero-order chi connectivity index (χ0) is 10.5. The molecule has 2 rings (SSSR count). The third-order valence-electron chi connectivity index (χ3n) is 3.54. The van der Waals surface area contributed by atoms with Gasteiger partial charge in [0, 0.05) is 38.1 Å². The van der Waals surface area contributed by atoms with Gasteiger partial charge in [0.25, 0.3) is 0 Å². The molecule has 0 N–H and O–H groups in total. The first-order valence-corrected chi connectivity index (χ1v) is 7.51. The van der Waals surface area contributed by atoms with Gasteiger partial charge >= 0.3 is 0 Å². The molecule has 2 fully saturated rings. The smallest absolute Gasteiger partial charge is 0.0110 e. The first-order chi connectivity index (χ1) is 7.38. The highest BCUT2D eigenvalue weighted by atomic mass is 79.9. The molecule has 15 heavy (non-hydrogen) atoms. The van der Waals surface area contributed by atoms with Gasteiger partial charge in [0.05, 0.1) is 0 Å². The molecule has 0 radical (unpaired) electrons. The Morgan fingerprint density at radius 1 is 0.933 bits per heavy atom. The van der Waals surface area contributed by atoms with Crippen LogP contribution in [0.25, 0.3) is 0 Å². The fourth-order valence-electron chi connectivity index (χ4n) is 2.29. The second kappa shape index (κ2) is 6.21. The van der Waals surface area contributed by atoms with Crippen molar-refractivity contribution in [2.45, 2.75) is 25.7 Å². The van der Waals surface area contributed by atoms with E-state index in [1.54, 1.807) is 0 Å². The SMILES string of the molecule is BrCCCCN1CCN(CC2CC2)CC1. The van der Waals surface area contributed by atoms with E-state index in [-0.39, 0.29) is 0 Å². The second-order valence-electron chi connectivity index (χ2n) is 4.98. The lowest BCUT2D eigenvalue weighted by atomic mass is 10.2. The van der Waals surface area contributed by atoms with Gasteiger partial charge in [-0.3, -0.25) is 0 Å². The van der Waals surface area contributed by atoms with Crippen molar-refractivity contribution >= 4 is 15.9 Å². The normalized spacial score (nSPS) is 24.6. The van der Waals surface area contributed by atoms with Crippen LogP contribution in [0, 0.1) is 5.92 Å². The monoisotopic (exact) mass is 274 g/mol. The Bertz CT molecular complexity index is 174. The lowest BCUT2D eigenvalue weighted by molar-refractivity contribution is 0.127. The van der Waals surface area contributed by atoms with Gasteiger partial charge in [-0.25, -0.2) is 0 Å². The third kappa shape index (κ3) is 4.41. The Kier molecular flexibility index (Phi) is 4.92. The zero-order valence-electron chi connectivity index (χ0n) is 9.63. The molecule has 1 heterocycles. The number of hydrogen-bond donors (Lipinski definition) is 0. The maximum Gasteiger partial charge on any atom is 0.0110 e. The Hall–Kier alpha value is 0.400. The summed E-state index contributed by atoms with van der Waals surface area (Å²) in [6.45, 7) is 7.91. The minimum absolute atomic E-state index is 1.06. The minimum Gasteiger partial charge on any atom is -0.301 e. The molecule has 1 saturated heterocycles. The first kappa shape index (κ1) is 11.9. The zero-order valence-corrected chi connectivity index (χ0v) is 11.2. The molecule has 0 aromatic heterocycles. The lowest BCUT2D eigenvalue weighted by Crippen LogP contribution is -2.47. The maximum atomic E-state index is 3.49. The average molecular weight is 275 g/mol. The van der Waals surface area contributed by atoms with Gasteiger partial charge in [0.1, 0.15) is 0 Å². The van der Waals surface area contributed by atoms with Crippen LogP contribution in [0.2, 0.25) is 0 Å². The number of unbranched alkanes of at least 4 members (excludes halogenated alkanes) is 1. The van der Waals surface area contributed by atoms with Crippen LogP contribution in [0.1, 0.15) is 25.7 Å². The number of halogens is 1. The molecule has 0 atom stereocenters. The summed E-state index contributed by atoms with van der Waals surface area (Å²) in [5, 5.41) is 1.16. The fourth-order valence-corrected chi connectivity index (χ4v) is 2.69. The van der Waals surface area contributed by atoms with Crippen LogP contribution in [-0.2, 0) is 0 Å². The number of nitrogens with zero attached hydrogens (tertiary/aromatic N) is 2.